The van der Waals surface area contributed by atoms with Gasteiger partial charge in [0.15, 0.2) is 5.78 Å². The van der Waals surface area contributed by atoms with Crippen LogP contribution in [0.25, 0.3) is 0 Å². The van der Waals surface area contributed by atoms with Crippen molar-refractivity contribution in [3.63, 3.8) is 0 Å². The van der Waals surface area contributed by atoms with Crippen LogP contribution < -0.4 is 4.74 Å². The number of nitrogens with zero attached hydrogens (tertiary/aromatic N) is 1. The van der Waals surface area contributed by atoms with Crippen molar-refractivity contribution in [3.8, 4) is 5.75 Å². The van der Waals surface area contributed by atoms with Crippen molar-refractivity contribution < 1.29 is 19.1 Å². The maximum absolute atomic E-state index is 13.9. The lowest BCUT2D eigenvalue weighted by Crippen LogP contribution is -2.38. The van der Waals surface area contributed by atoms with Gasteiger partial charge < -0.3 is 9.47 Å². The molecular weight excluding hydrogens is 474 g/mol. The van der Waals surface area contributed by atoms with Gasteiger partial charge in [0.05, 0.1) is 6.61 Å². The summed E-state index contributed by atoms with van der Waals surface area (Å²) in [6.45, 7) is 4.56. The number of carbonyl (C=O) groups is 2. The van der Waals surface area contributed by atoms with Gasteiger partial charge in [-0.3, -0.25) is 14.6 Å². The van der Waals surface area contributed by atoms with Crippen LogP contribution in [0.4, 0.5) is 0 Å². The molecule has 5 heteroatoms. The summed E-state index contributed by atoms with van der Waals surface area (Å²) in [5.74, 6) is -0.781. The molecule has 0 saturated heterocycles. The van der Waals surface area contributed by atoms with Crippen molar-refractivity contribution in [2.24, 2.45) is 10.9 Å². The fourth-order valence-electron chi connectivity index (χ4n) is 5.56. The maximum atomic E-state index is 13.9. The molecule has 3 aromatic carbocycles. The first-order chi connectivity index (χ1) is 18.6. The summed E-state index contributed by atoms with van der Waals surface area (Å²) < 4.78 is 11.9. The number of hydrogen-bond donors (Lipinski definition) is 0. The third-order valence-electron chi connectivity index (χ3n) is 7.35. The number of ether oxygens (including phenoxy) is 2. The van der Waals surface area contributed by atoms with E-state index in [4.69, 9.17) is 14.5 Å². The molecule has 3 atom stereocenters. The van der Waals surface area contributed by atoms with E-state index < -0.39 is 11.8 Å². The highest BCUT2D eigenvalue weighted by Crippen LogP contribution is 2.48. The predicted molar refractivity (Wildman–Crippen MR) is 148 cm³/mol. The van der Waals surface area contributed by atoms with Crippen molar-refractivity contribution in [1.82, 2.24) is 0 Å². The monoisotopic (exact) mass is 507 g/mol. The molecule has 0 fully saturated rings. The van der Waals surface area contributed by atoms with Crippen LogP contribution in [-0.2, 0) is 20.9 Å². The van der Waals surface area contributed by atoms with Crippen LogP contribution in [0.3, 0.4) is 0 Å². The molecule has 1 aliphatic heterocycles. The number of carbonyl (C=O) groups excluding carboxylic acids is 2. The molecule has 194 valence electrons. The van der Waals surface area contributed by atoms with Gasteiger partial charge >= 0.3 is 5.97 Å². The maximum Gasteiger partial charge on any atom is 0.315 e. The minimum absolute atomic E-state index is 0.0347. The fourth-order valence-corrected chi connectivity index (χ4v) is 5.56. The third kappa shape index (κ3) is 5.33. The number of Topliss-reactive ketones (excluding diaryl/α,β-unsaturated/α-hetero) is 1. The standard InChI is InChI=1S/C33H33NO4/c1-3-18-37-33(36)30-22(2)34-27-19-25(24-14-8-5-9-15-24)20-28(35)32(27)31(30)26-16-10-11-17-29(26)38-21-23-12-6-4-7-13-23/h4-17,25,30-31H,3,18-21H2,1-2H3/t25-,30?,31-/m1/s1. The average molecular weight is 508 g/mol. The molecule has 38 heavy (non-hydrogen) atoms. The van der Waals surface area contributed by atoms with Gasteiger partial charge in [0.1, 0.15) is 18.3 Å². The second kappa shape index (κ2) is 11.6. The van der Waals surface area contributed by atoms with E-state index in [1.54, 1.807) is 0 Å². The summed E-state index contributed by atoms with van der Waals surface area (Å²) in [6.07, 6.45) is 1.77. The highest BCUT2D eigenvalue weighted by molar-refractivity contribution is 6.09. The normalized spacial score (nSPS) is 20.9. The number of esters is 1. The number of ketones is 1. The first-order valence-corrected chi connectivity index (χ1v) is 13.4. The Balaban J connectivity index is 1.56. The van der Waals surface area contributed by atoms with E-state index in [2.05, 4.69) is 12.1 Å². The molecule has 1 aliphatic carbocycles. The molecule has 0 saturated carbocycles. The molecule has 1 unspecified atom stereocenters. The Labute approximate surface area is 224 Å². The molecule has 0 amide bonds. The average Bonchev–Trinajstić information content (AvgIpc) is 2.95. The van der Waals surface area contributed by atoms with Crippen molar-refractivity contribution >= 4 is 17.5 Å². The largest absolute Gasteiger partial charge is 0.489 e. The number of rotatable bonds is 8. The molecule has 0 radical (unpaired) electrons. The van der Waals surface area contributed by atoms with Gasteiger partial charge in [-0.15, -0.1) is 0 Å². The van der Waals surface area contributed by atoms with E-state index in [0.717, 1.165) is 28.8 Å². The summed E-state index contributed by atoms with van der Waals surface area (Å²) in [7, 11) is 0. The van der Waals surface area contributed by atoms with E-state index in [9.17, 15) is 9.59 Å². The smallest absolute Gasteiger partial charge is 0.315 e. The van der Waals surface area contributed by atoms with Crippen molar-refractivity contribution in [3.05, 3.63) is 113 Å². The van der Waals surface area contributed by atoms with Crippen LogP contribution in [-0.4, -0.2) is 24.1 Å². The molecule has 0 aromatic heterocycles. The Hall–Kier alpha value is -3.99. The lowest BCUT2D eigenvalue weighted by atomic mass is 9.69. The highest BCUT2D eigenvalue weighted by Gasteiger charge is 2.45. The minimum Gasteiger partial charge on any atom is -0.489 e. The van der Waals surface area contributed by atoms with Crippen LogP contribution in [0.15, 0.2) is 101 Å². The summed E-state index contributed by atoms with van der Waals surface area (Å²) in [4.78, 5) is 32.2. The topological polar surface area (TPSA) is 65.0 Å². The second-order valence-corrected chi connectivity index (χ2v) is 9.99. The molecule has 0 bridgehead atoms. The van der Waals surface area contributed by atoms with Gasteiger partial charge in [0.25, 0.3) is 0 Å². The van der Waals surface area contributed by atoms with Gasteiger partial charge in [0.2, 0.25) is 0 Å². The second-order valence-electron chi connectivity index (χ2n) is 9.99. The zero-order valence-electron chi connectivity index (χ0n) is 21.9. The lowest BCUT2D eigenvalue weighted by Gasteiger charge is -2.37. The van der Waals surface area contributed by atoms with Crippen molar-refractivity contribution in [2.75, 3.05) is 6.61 Å². The van der Waals surface area contributed by atoms with Crippen molar-refractivity contribution in [1.29, 1.82) is 0 Å². The Morgan fingerprint density at radius 2 is 1.61 bits per heavy atom. The minimum atomic E-state index is -0.681. The lowest BCUT2D eigenvalue weighted by molar-refractivity contribution is -0.146. The van der Waals surface area contributed by atoms with Crippen LogP contribution in [0, 0.1) is 5.92 Å². The Kier molecular flexibility index (Phi) is 7.83. The number of hydrogen-bond acceptors (Lipinski definition) is 5. The Morgan fingerprint density at radius 1 is 0.921 bits per heavy atom. The van der Waals surface area contributed by atoms with Gasteiger partial charge in [-0.05, 0) is 42.9 Å². The third-order valence-corrected chi connectivity index (χ3v) is 7.35. The van der Waals surface area contributed by atoms with Gasteiger partial charge in [-0.25, -0.2) is 0 Å². The molecule has 3 aromatic rings. The van der Waals surface area contributed by atoms with E-state index in [1.807, 2.05) is 86.6 Å². The molecule has 2 aliphatic rings. The molecule has 5 rings (SSSR count). The van der Waals surface area contributed by atoms with Gasteiger partial charge in [-0.1, -0.05) is 85.8 Å². The van der Waals surface area contributed by atoms with E-state index in [-0.39, 0.29) is 17.7 Å². The number of para-hydroxylation sites is 1. The van der Waals surface area contributed by atoms with Gasteiger partial charge in [0, 0.05) is 34.9 Å². The van der Waals surface area contributed by atoms with E-state index >= 15 is 0 Å². The highest BCUT2D eigenvalue weighted by atomic mass is 16.5. The summed E-state index contributed by atoms with van der Waals surface area (Å²) >= 11 is 0. The molecular formula is C33H33NO4. The predicted octanol–water partition coefficient (Wildman–Crippen LogP) is 6.79. The SMILES string of the molecule is CCCOC(=O)C1C(C)=NC2=C(C(=O)C[C@H](c3ccccc3)C2)[C@@H]1c1ccccc1OCc1ccccc1. The number of benzene rings is 3. The van der Waals surface area contributed by atoms with Crippen LogP contribution >= 0.6 is 0 Å². The molecule has 5 nitrogen and oxygen atoms in total. The number of aliphatic imine (C=N–C) groups is 1. The summed E-state index contributed by atoms with van der Waals surface area (Å²) in [6, 6.07) is 27.8. The Morgan fingerprint density at radius 3 is 2.34 bits per heavy atom. The van der Waals surface area contributed by atoms with Crippen LogP contribution in [0.2, 0.25) is 0 Å². The first-order valence-electron chi connectivity index (χ1n) is 13.4. The van der Waals surface area contributed by atoms with Gasteiger partial charge in [-0.2, -0.15) is 0 Å². The Bertz CT molecular complexity index is 1360. The first kappa shape index (κ1) is 25.7. The molecule has 1 heterocycles. The fraction of sp³-hybridized carbons (Fsp3) is 0.303. The zero-order valence-corrected chi connectivity index (χ0v) is 21.9. The van der Waals surface area contributed by atoms with Crippen molar-refractivity contribution in [2.45, 2.75) is 51.6 Å². The summed E-state index contributed by atoms with van der Waals surface area (Å²) in [5, 5.41) is 0. The zero-order chi connectivity index (χ0) is 26.5. The van der Waals surface area contributed by atoms with E-state index in [1.165, 1.54) is 0 Å². The number of allylic oxidation sites excluding steroid dienone is 2. The van der Waals surface area contributed by atoms with E-state index in [0.29, 0.717) is 43.1 Å². The molecule has 0 N–H and O–H groups in total. The van der Waals surface area contributed by atoms with Crippen LogP contribution in [0.5, 0.6) is 5.75 Å². The van der Waals surface area contributed by atoms with Crippen LogP contribution in [0.1, 0.15) is 61.6 Å². The summed E-state index contributed by atoms with van der Waals surface area (Å²) in [5.41, 5.74) is 5.06. The quantitative estimate of drug-likeness (QED) is 0.315. The molecule has 0 spiro atoms.